The van der Waals surface area contributed by atoms with Crippen molar-refractivity contribution in [2.24, 2.45) is 0 Å². The summed E-state index contributed by atoms with van der Waals surface area (Å²) in [7, 11) is 1.56. The quantitative estimate of drug-likeness (QED) is 0.746. The van der Waals surface area contributed by atoms with Gasteiger partial charge in [-0.05, 0) is 32.1 Å². The molecule has 0 spiro atoms. The summed E-state index contributed by atoms with van der Waals surface area (Å²) < 4.78 is 5.12. The van der Waals surface area contributed by atoms with Crippen molar-refractivity contribution < 1.29 is 9.53 Å². The second-order valence-corrected chi connectivity index (χ2v) is 4.86. The van der Waals surface area contributed by atoms with Gasteiger partial charge in [0.2, 0.25) is 0 Å². The summed E-state index contributed by atoms with van der Waals surface area (Å²) in [4.78, 5) is 14.5. The van der Waals surface area contributed by atoms with Gasteiger partial charge in [-0.1, -0.05) is 13.8 Å². The molecule has 1 aromatic rings. The number of amides is 1. The highest BCUT2D eigenvalue weighted by atomic mass is 16.5. The number of nitrogens with one attached hydrogen (secondary N) is 1. The van der Waals surface area contributed by atoms with Gasteiger partial charge in [0.05, 0.1) is 7.11 Å². The van der Waals surface area contributed by atoms with Crippen molar-refractivity contribution in [3.63, 3.8) is 0 Å². The predicted octanol–water partition coefficient (Wildman–Crippen LogP) is 1.74. The Labute approximate surface area is 121 Å². The summed E-state index contributed by atoms with van der Waals surface area (Å²) in [6.45, 7) is 9.01. The first-order valence-corrected chi connectivity index (χ1v) is 6.97. The number of rotatable bonds is 7. The van der Waals surface area contributed by atoms with Gasteiger partial charge in [-0.15, -0.1) is 0 Å². The number of anilines is 1. The number of ether oxygens (including phenoxy) is 1. The zero-order valence-corrected chi connectivity index (χ0v) is 12.8. The van der Waals surface area contributed by atoms with Crippen LogP contribution in [0.5, 0.6) is 5.75 Å². The Morgan fingerprint density at radius 1 is 1.35 bits per heavy atom. The molecule has 0 aliphatic rings. The van der Waals surface area contributed by atoms with E-state index in [1.54, 1.807) is 25.3 Å². The molecule has 0 heterocycles. The monoisotopic (exact) mass is 279 g/mol. The Kier molecular flexibility index (Phi) is 6.31. The number of likely N-dealkylation sites (N-methyl/N-ethyl adjacent to an activating group) is 1. The standard InChI is InChI=1S/C15H25N3O2/c1-5-18(6-2)10-11(3)17-15(19)12-7-13(16)9-14(8-12)20-4/h7-9,11H,5-6,10,16H2,1-4H3,(H,17,19). The van der Waals surface area contributed by atoms with Crippen LogP contribution < -0.4 is 15.8 Å². The van der Waals surface area contributed by atoms with Gasteiger partial charge < -0.3 is 20.7 Å². The normalized spacial score (nSPS) is 12.2. The molecule has 1 amide bonds. The zero-order valence-electron chi connectivity index (χ0n) is 12.8. The molecule has 1 unspecified atom stereocenters. The third-order valence-electron chi connectivity index (χ3n) is 3.23. The maximum atomic E-state index is 12.2. The van der Waals surface area contributed by atoms with Crippen molar-refractivity contribution >= 4 is 11.6 Å². The lowest BCUT2D eigenvalue weighted by Crippen LogP contribution is -2.41. The molecule has 0 aliphatic heterocycles. The molecule has 0 fully saturated rings. The predicted molar refractivity (Wildman–Crippen MR) is 82.1 cm³/mol. The van der Waals surface area contributed by atoms with E-state index in [-0.39, 0.29) is 11.9 Å². The molecule has 112 valence electrons. The van der Waals surface area contributed by atoms with Crippen molar-refractivity contribution in [2.45, 2.75) is 26.8 Å². The van der Waals surface area contributed by atoms with Crippen molar-refractivity contribution in [1.29, 1.82) is 0 Å². The molecule has 0 saturated heterocycles. The highest BCUT2D eigenvalue weighted by Gasteiger charge is 2.13. The fourth-order valence-corrected chi connectivity index (χ4v) is 2.09. The molecule has 1 rings (SSSR count). The number of hydrogen-bond donors (Lipinski definition) is 2. The van der Waals surface area contributed by atoms with Crippen molar-refractivity contribution in [2.75, 3.05) is 32.5 Å². The maximum Gasteiger partial charge on any atom is 0.251 e. The number of carbonyl (C=O) groups excluding carboxylic acids is 1. The van der Waals surface area contributed by atoms with Gasteiger partial charge in [0, 0.05) is 29.9 Å². The number of nitrogens with two attached hydrogens (primary N) is 1. The van der Waals surface area contributed by atoms with Crippen LogP contribution in [-0.2, 0) is 0 Å². The number of nitrogens with zero attached hydrogens (tertiary/aromatic N) is 1. The van der Waals surface area contributed by atoms with Crippen molar-refractivity contribution in [3.05, 3.63) is 23.8 Å². The van der Waals surface area contributed by atoms with Crippen molar-refractivity contribution in [3.8, 4) is 5.75 Å². The molecule has 1 atom stereocenters. The van der Waals surface area contributed by atoms with E-state index in [2.05, 4.69) is 24.1 Å². The Balaban J connectivity index is 2.68. The fourth-order valence-electron chi connectivity index (χ4n) is 2.09. The summed E-state index contributed by atoms with van der Waals surface area (Å²) in [5.74, 6) is 0.460. The molecule has 5 nitrogen and oxygen atoms in total. The van der Waals surface area contributed by atoms with E-state index in [0.29, 0.717) is 17.0 Å². The largest absolute Gasteiger partial charge is 0.497 e. The molecule has 0 saturated carbocycles. The summed E-state index contributed by atoms with van der Waals surface area (Å²) in [5.41, 5.74) is 6.80. The lowest BCUT2D eigenvalue weighted by Gasteiger charge is -2.23. The summed E-state index contributed by atoms with van der Waals surface area (Å²) in [6.07, 6.45) is 0. The van der Waals surface area contributed by atoms with Gasteiger partial charge >= 0.3 is 0 Å². The minimum Gasteiger partial charge on any atom is -0.497 e. The number of nitrogen functional groups attached to an aromatic ring is 1. The number of methoxy groups -OCH3 is 1. The van der Waals surface area contributed by atoms with E-state index in [1.165, 1.54) is 0 Å². The van der Waals surface area contributed by atoms with E-state index < -0.39 is 0 Å². The number of benzene rings is 1. The SMILES string of the molecule is CCN(CC)CC(C)NC(=O)c1cc(N)cc(OC)c1. The van der Waals surface area contributed by atoms with Gasteiger partial charge in [-0.2, -0.15) is 0 Å². The topological polar surface area (TPSA) is 67.6 Å². The highest BCUT2D eigenvalue weighted by Crippen LogP contribution is 2.18. The smallest absolute Gasteiger partial charge is 0.251 e. The number of carbonyl (C=O) groups is 1. The number of hydrogen-bond acceptors (Lipinski definition) is 4. The Morgan fingerprint density at radius 2 is 2.00 bits per heavy atom. The fraction of sp³-hybridized carbons (Fsp3) is 0.533. The molecule has 3 N–H and O–H groups in total. The molecular weight excluding hydrogens is 254 g/mol. The third-order valence-corrected chi connectivity index (χ3v) is 3.23. The average Bonchev–Trinajstić information content (AvgIpc) is 2.43. The summed E-state index contributed by atoms with van der Waals surface area (Å²) in [6, 6.07) is 5.11. The van der Waals surface area contributed by atoms with Crippen LogP contribution in [0.15, 0.2) is 18.2 Å². The molecule has 20 heavy (non-hydrogen) atoms. The molecular formula is C15H25N3O2. The van der Waals surface area contributed by atoms with Gasteiger partial charge in [0.1, 0.15) is 5.75 Å². The van der Waals surface area contributed by atoms with Gasteiger partial charge in [0.15, 0.2) is 0 Å². The van der Waals surface area contributed by atoms with Gasteiger partial charge in [-0.25, -0.2) is 0 Å². The first-order chi connectivity index (χ1) is 9.49. The zero-order chi connectivity index (χ0) is 15.1. The maximum absolute atomic E-state index is 12.2. The molecule has 0 aliphatic carbocycles. The molecule has 0 bridgehead atoms. The van der Waals surface area contributed by atoms with Gasteiger partial charge in [-0.3, -0.25) is 4.79 Å². The van der Waals surface area contributed by atoms with Crippen LogP contribution in [-0.4, -0.2) is 43.6 Å². The minimum atomic E-state index is -0.129. The Morgan fingerprint density at radius 3 is 2.55 bits per heavy atom. The van der Waals surface area contributed by atoms with Crippen LogP contribution in [0.1, 0.15) is 31.1 Å². The van der Waals surface area contributed by atoms with Crippen LogP contribution >= 0.6 is 0 Å². The van der Waals surface area contributed by atoms with Crippen LogP contribution in [0.2, 0.25) is 0 Å². The minimum absolute atomic E-state index is 0.0785. The van der Waals surface area contributed by atoms with Crippen LogP contribution in [0.25, 0.3) is 0 Å². The first kappa shape index (κ1) is 16.3. The summed E-state index contributed by atoms with van der Waals surface area (Å²) >= 11 is 0. The lowest BCUT2D eigenvalue weighted by atomic mass is 10.1. The third kappa shape index (κ3) is 4.74. The van der Waals surface area contributed by atoms with E-state index in [0.717, 1.165) is 19.6 Å². The van der Waals surface area contributed by atoms with E-state index in [9.17, 15) is 4.79 Å². The summed E-state index contributed by atoms with van der Waals surface area (Å²) in [5, 5.41) is 2.98. The average molecular weight is 279 g/mol. The molecule has 0 radical (unpaired) electrons. The highest BCUT2D eigenvalue weighted by molar-refractivity contribution is 5.95. The molecule has 1 aromatic carbocycles. The lowest BCUT2D eigenvalue weighted by molar-refractivity contribution is 0.0930. The van der Waals surface area contributed by atoms with Gasteiger partial charge in [0.25, 0.3) is 5.91 Å². The van der Waals surface area contributed by atoms with E-state index in [1.807, 2.05) is 6.92 Å². The Hall–Kier alpha value is -1.75. The molecule has 5 heteroatoms. The first-order valence-electron chi connectivity index (χ1n) is 6.97. The Bertz CT molecular complexity index is 445. The van der Waals surface area contributed by atoms with E-state index >= 15 is 0 Å². The molecule has 0 aromatic heterocycles. The second kappa shape index (κ2) is 7.75. The van der Waals surface area contributed by atoms with Crippen LogP contribution in [0, 0.1) is 0 Å². The van der Waals surface area contributed by atoms with E-state index in [4.69, 9.17) is 10.5 Å². The van der Waals surface area contributed by atoms with Crippen LogP contribution in [0.4, 0.5) is 5.69 Å². The van der Waals surface area contributed by atoms with Crippen molar-refractivity contribution in [1.82, 2.24) is 10.2 Å². The van der Waals surface area contributed by atoms with Crippen LogP contribution in [0.3, 0.4) is 0 Å². The second-order valence-electron chi connectivity index (χ2n) is 4.86.